The molecule has 2 aliphatic rings. The normalized spacial score (nSPS) is 23.5. The second-order valence-corrected chi connectivity index (χ2v) is 9.72. The molecule has 0 bridgehead atoms. The van der Waals surface area contributed by atoms with Crippen molar-refractivity contribution in [2.45, 2.75) is 44.0 Å². The van der Waals surface area contributed by atoms with Crippen molar-refractivity contribution in [3.63, 3.8) is 0 Å². The van der Waals surface area contributed by atoms with Gasteiger partial charge < -0.3 is 14.8 Å². The van der Waals surface area contributed by atoms with Gasteiger partial charge in [-0.25, -0.2) is 0 Å². The number of nitro groups is 1. The number of nitriles is 1. The summed E-state index contributed by atoms with van der Waals surface area (Å²) in [5.41, 5.74) is 1.30. The average Bonchev–Trinajstić information content (AvgIpc) is 3.37. The monoisotopic (exact) mass is 532 g/mol. The summed E-state index contributed by atoms with van der Waals surface area (Å²) in [7, 11) is 0. The maximum absolute atomic E-state index is 13.3. The van der Waals surface area contributed by atoms with E-state index >= 15 is 0 Å². The maximum atomic E-state index is 13.3. The maximum Gasteiger partial charge on any atom is 0.256 e. The van der Waals surface area contributed by atoms with Gasteiger partial charge in [-0.3, -0.25) is 20.2 Å². The van der Waals surface area contributed by atoms with Crippen LogP contribution in [0.4, 0.5) is 5.69 Å². The lowest BCUT2D eigenvalue weighted by molar-refractivity contribution is -0.532. The van der Waals surface area contributed by atoms with Crippen molar-refractivity contribution in [1.29, 1.82) is 5.26 Å². The Balaban J connectivity index is 1.55. The van der Waals surface area contributed by atoms with Gasteiger partial charge in [-0.05, 0) is 43.7 Å². The summed E-state index contributed by atoms with van der Waals surface area (Å²) >= 11 is 6.68. The molecule has 0 radical (unpaired) electrons. The minimum atomic E-state index is -1.53. The zero-order chi connectivity index (χ0) is 27.0. The van der Waals surface area contributed by atoms with Crippen molar-refractivity contribution < 1.29 is 19.2 Å². The van der Waals surface area contributed by atoms with E-state index in [1.807, 2.05) is 19.9 Å². The Bertz CT molecular complexity index is 1470. The van der Waals surface area contributed by atoms with Gasteiger partial charge in [0.25, 0.3) is 11.9 Å². The first-order valence-electron chi connectivity index (χ1n) is 12.2. The van der Waals surface area contributed by atoms with E-state index in [9.17, 15) is 20.2 Å². The van der Waals surface area contributed by atoms with Crippen molar-refractivity contribution >= 4 is 23.2 Å². The molecular weight excluding hydrogens is 508 g/mol. The second-order valence-electron chi connectivity index (χ2n) is 9.32. The molecule has 0 saturated carbocycles. The first-order valence-corrected chi connectivity index (χ1v) is 12.6. The molecule has 1 saturated heterocycles. The zero-order valence-electron chi connectivity index (χ0n) is 20.7. The highest BCUT2D eigenvalue weighted by Crippen LogP contribution is 2.51. The van der Waals surface area contributed by atoms with Crippen LogP contribution in [0.15, 0.2) is 60.7 Å². The molecule has 10 heteroatoms. The third kappa shape index (κ3) is 4.02. The number of nitrogens with zero attached hydrogens (tertiary/aromatic N) is 2. The Hall–Kier alpha value is -4.13. The van der Waals surface area contributed by atoms with Gasteiger partial charge in [0, 0.05) is 27.8 Å². The van der Waals surface area contributed by atoms with Gasteiger partial charge in [-0.1, -0.05) is 48.0 Å². The number of benzene rings is 3. The molecule has 38 heavy (non-hydrogen) atoms. The molecule has 0 aromatic heterocycles. The molecule has 3 aromatic carbocycles. The van der Waals surface area contributed by atoms with E-state index in [0.717, 1.165) is 0 Å². The third-order valence-corrected chi connectivity index (χ3v) is 7.47. The van der Waals surface area contributed by atoms with Crippen LogP contribution in [-0.2, 0) is 16.9 Å². The number of amides is 1. The van der Waals surface area contributed by atoms with Crippen LogP contribution in [0.25, 0.3) is 0 Å². The highest BCUT2D eigenvalue weighted by molar-refractivity contribution is 6.32. The van der Waals surface area contributed by atoms with E-state index in [-0.39, 0.29) is 22.3 Å². The fourth-order valence-corrected chi connectivity index (χ4v) is 5.92. The highest BCUT2D eigenvalue weighted by Gasteiger charge is 2.67. The highest BCUT2D eigenvalue weighted by atomic mass is 35.5. The number of hydrogen-bond donors (Lipinski definition) is 2. The predicted molar refractivity (Wildman–Crippen MR) is 141 cm³/mol. The van der Waals surface area contributed by atoms with Crippen molar-refractivity contribution in [3.05, 3.63) is 98.1 Å². The summed E-state index contributed by atoms with van der Waals surface area (Å²) in [6, 6.07) is 17.8. The average molecular weight is 533 g/mol. The molecule has 0 aliphatic carbocycles. The van der Waals surface area contributed by atoms with E-state index in [2.05, 4.69) is 16.7 Å². The second kappa shape index (κ2) is 9.97. The standard InChI is InChI=1S/C28H25ClN4O5/c1-3-37-23-13-19(12-21(29)25(23)38-15-18-9-5-4-8-17(18)14-30)24-16(2)32-28(26(24)33(35)36)20-10-6-7-11-22(20)31-27(28)34/h4-13,16,24,26,32H,3,15H2,1-2H3,(H,31,34)/t16-,24-,26-,28+/m0/s1. The number of ether oxygens (including phenoxy) is 2. The Kier molecular flexibility index (Phi) is 6.69. The minimum absolute atomic E-state index is 0.0852. The van der Waals surface area contributed by atoms with E-state index in [4.69, 9.17) is 21.1 Å². The van der Waals surface area contributed by atoms with Crippen molar-refractivity contribution in [1.82, 2.24) is 5.32 Å². The Morgan fingerprint density at radius 2 is 1.89 bits per heavy atom. The lowest BCUT2D eigenvalue weighted by Gasteiger charge is -2.25. The molecule has 2 aliphatic heterocycles. The van der Waals surface area contributed by atoms with Crippen molar-refractivity contribution in [2.75, 3.05) is 11.9 Å². The minimum Gasteiger partial charge on any atom is -0.490 e. The summed E-state index contributed by atoms with van der Waals surface area (Å²) < 4.78 is 11.8. The van der Waals surface area contributed by atoms with Crippen LogP contribution in [-0.4, -0.2) is 29.5 Å². The number of halogens is 1. The smallest absolute Gasteiger partial charge is 0.256 e. The van der Waals surface area contributed by atoms with Gasteiger partial charge in [-0.2, -0.15) is 5.26 Å². The van der Waals surface area contributed by atoms with Crippen molar-refractivity contribution in [2.24, 2.45) is 0 Å². The number of para-hydroxylation sites is 1. The van der Waals surface area contributed by atoms with Crippen LogP contribution < -0.4 is 20.1 Å². The van der Waals surface area contributed by atoms with E-state index in [1.54, 1.807) is 54.6 Å². The van der Waals surface area contributed by atoms with E-state index in [1.165, 1.54) is 0 Å². The number of nitrogens with one attached hydrogen (secondary N) is 2. The first kappa shape index (κ1) is 25.5. The summed E-state index contributed by atoms with van der Waals surface area (Å²) in [6.07, 6.45) is 0. The summed E-state index contributed by atoms with van der Waals surface area (Å²) in [5, 5.41) is 28.3. The lowest BCUT2D eigenvalue weighted by atomic mass is 9.78. The Morgan fingerprint density at radius 3 is 2.63 bits per heavy atom. The molecule has 3 aromatic rings. The number of carbonyl (C=O) groups excluding carboxylic acids is 1. The number of rotatable bonds is 7. The van der Waals surface area contributed by atoms with Crippen LogP contribution >= 0.6 is 11.6 Å². The fraction of sp³-hybridized carbons (Fsp3) is 0.286. The quantitative estimate of drug-likeness (QED) is 0.332. The predicted octanol–water partition coefficient (Wildman–Crippen LogP) is 4.76. The number of anilines is 1. The molecule has 1 fully saturated rings. The van der Waals surface area contributed by atoms with Crippen LogP contribution in [0.5, 0.6) is 11.5 Å². The summed E-state index contributed by atoms with van der Waals surface area (Å²) in [6.45, 7) is 4.02. The lowest BCUT2D eigenvalue weighted by Crippen LogP contribution is -2.54. The van der Waals surface area contributed by atoms with Gasteiger partial charge >= 0.3 is 0 Å². The van der Waals surface area contributed by atoms with Gasteiger partial charge in [-0.15, -0.1) is 0 Å². The largest absolute Gasteiger partial charge is 0.490 e. The van der Waals surface area contributed by atoms with Gasteiger partial charge in [0.05, 0.1) is 29.2 Å². The Morgan fingerprint density at radius 1 is 1.16 bits per heavy atom. The molecule has 194 valence electrons. The number of carbonyl (C=O) groups is 1. The first-order chi connectivity index (χ1) is 18.3. The molecule has 1 spiro atoms. The van der Waals surface area contributed by atoms with Crippen molar-refractivity contribution in [3.8, 4) is 17.6 Å². The van der Waals surface area contributed by atoms with E-state index < -0.39 is 29.4 Å². The van der Waals surface area contributed by atoms with Crippen LogP contribution in [0.2, 0.25) is 5.02 Å². The van der Waals surface area contributed by atoms with Crippen LogP contribution in [0.1, 0.15) is 42.0 Å². The van der Waals surface area contributed by atoms with Gasteiger partial charge in [0.1, 0.15) is 6.61 Å². The summed E-state index contributed by atoms with van der Waals surface area (Å²) in [5.74, 6) is -0.551. The SMILES string of the molecule is CCOc1cc([C@@H]2[C@H](C)N[C@@]3(C(=O)Nc4ccccc43)[C@H]2[N+](=O)[O-])cc(Cl)c1OCc1ccccc1C#N. The van der Waals surface area contributed by atoms with Gasteiger partial charge in [0.2, 0.25) is 0 Å². The molecule has 4 atom stereocenters. The zero-order valence-corrected chi connectivity index (χ0v) is 21.5. The van der Waals surface area contributed by atoms with E-state index in [0.29, 0.717) is 40.3 Å². The molecule has 2 N–H and O–H groups in total. The molecule has 5 rings (SSSR count). The van der Waals surface area contributed by atoms with Crippen LogP contribution in [0, 0.1) is 21.4 Å². The summed E-state index contributed by atoms with van der Waals surface area (Å²) in [4.78, 5) is 25.5. The number of hydrogen-bond acceptors (Lipinski definition) is 7. The van der Waals surface area contributed by atoms with Gasteiger partial charge in [0.15, 0.2) is 17.0 Å². The van der Waals surface area contributed by atoms with Crippen LogP contribution in [0.3, 0.4) is 0 Å². The molecular formula is C28H25ClN4O5. The third-order valence-electron chi connectivity index (χ3n) is 7.19. The topological polar surface area (TPSA) is 127 Å². The number of fused-ring (bicyclic) bond motifs is 2. The molecule has 9 nitrogen and oxygen atoms in total. The molecule has 0 unspecified atom stereocenters. The molecule has 1 amide bonds. The molecule has 2 heterocycles. The Labute approximate surface area is 224 Å². The fourth-order valence-electron chi connectivity index (χ4n) is 5.64.